The number of carbonyl (C=O) groups excluding carboxylic acids is 1. The van der Waals surface area contributed by atoms with Crippen LogP contribution in [0.5, 0.6) is 0 Å². The van der Waals surface area contributed by atoms with Crippen LogP contribution in [0.15, 0.2) is 61.2 Å². The summed E-state index contributed by atoms with van der Waals surface area (Å²) in [4.78, 5) is 26.8. The molecule has 0 radical (unpaired) electrons. The van der Waals surface area contributed by atoms with Crippen molar-refractivity contribution < 1.29 is 9.72 Å². The summed E-state index contributed by atoms with van der Waals surface area (Å²) in [6.07, 6.45) is 5.52. The highest BCUT2D eigenvalue weighted by Crippen LogP contribution is 2.14. The van der Waals surface area contributed by atoms with Crippen molar-refractivity contribution in [3.63, 3.8) is 0 Å². The van der Waals surface area contributed by atoms with Gasteiger partial charge in [0, 0.05) is 12.6 Å². The molecular weight excluding hydrogens is 350 g/mol. The molecule has 0 saturated heterocycles. The van der Waals surface area contributed by atoms with E-state index >= 15 is 0 Å². The van der Waals surface area contributed by atoms with E-state index in [2.05, 4.69) is 20.5 Å². The van der Waals surface area contributed by atoms with Crippen LogP contribution in [0, 0.1) is 10.1 Å². The molecule has 0 aliphatic carbocycles. The second-order valence-electron chi connectivity index (χ2n) is 5.71. The number of rotatable bonds is 5. The molecule has 0 fully saturated rings. The molecule has 4 rings (SSSR count). The van der Waals surface area contributed by atoms with E-state index in [1.807, 2.05) is 30.3 Å². The van der Waals surface area contributed by atoms with Gasteiger partial charge >= 0.3 is 5.69 Å². The molecule has 10 nitrogen and oxygen atoms in total. The summed E-state index contributed by atoms with van der Waals surface area (Å²) >= 11 is 0. The minimum atomic E-state index is -0.529. The third-order valence-corrected chi connectivity index (χ3v) is 3.87. The molecule has 27 heavy (non-hydrogen) atoms. The van der Waals surface area contributed by atoms with Crippen molar-refractivity contribution in [1.29, 1.82) is 0 Å². The van der Waals surface area contributed by atoms with Gasteiger partial charge in [-0.1, -0.05) is 30.3 Å². The maximum atomic E-state index is 12.3. The number of hydrogen-bond acceptors (Lipinski definition) is 6. The number of benzene rings is 1. The molecule has 0 atom stereocenters. The second kappa shape index (κ2) is 6.67. The molecule has 1 amide bonds. The number of fused-ring (bicyclic) bond motifs is 1. The van der Waals surface area contributed by atoms with Crippen LogP contribution in [0.4, 0.5) is 5.69 Å². The molecule has 1 N–H and O–H groups in total. The number of aromatic nitrogens is 5. The number of carbonyl (C=O) groups is 1. The maximum Gasteiger partial charge on any atom is 0.307 e. The van der Waals surface area contributed by atoms with Crippen molar-refractivity contribution >= 4 is 17.2 Å². The van der Waals surface area contributed by atoms with E-state index in [1.54, 1.807) is 12.3 Å². The van der Waals surface area contributed by atoms with Gasteiger partial charge in [0.05, 0.1) is 17.3 Å². The third kappa shape index (κ3) is 3.35. The van der Waals surface area contributed by atoms with Crippen molar-refractivity contribution in [3.05, 3.63) is 82.6 Å². The van der Waals surface area contributed by atoms with Gasteiger partial charge in [-0.2, -0.15) is 10.2 Å². The number of nitro groups is 1. The Balaban J connectivity index is 1.55. The van der Waals surface area contributed by atoms with Gasteiger partial charge in [-0.25, -0.2) is 14.2 Å². The smallest absolute Gasteiger partial charge is 0.307 e. The number of nitrogens with zero attached hydrogens (tertiary/aromatic N) is 6. The lowest BCUT2D eigenvalue weighted by Crippen LogP contribution is -2.23. The van der Waals surface area contributed by atoms with Crippen LogP contribution in [-0.4, -0.2) is 35.2 Å². The lowest BCUT2D eigenvalue weighted by Gasteiger charge is -2.02. The van der Waals surface area contributed by atoms with E-state index in [4.69, 9.17) is 0 Å². The zero-order chi connectivity index (χ0) is 18.8. The summed E-state index contributed by atoms with van der Waals surface area (Å²) in [5.74, 6) is -0.319. The minimum absolute atomic E-state index is 0.128. The number of hydrogen-bond donors (Lipinski definition) is 1. The lowest BCUT2D eigenvalue weighted by atomic mass is 10.2. The molecule has 0 spiro atoms. The van der Waals surface area contributed by atoms with Gasteiger partial charge in [-0.15, -0.1) is 0 Å². The average molecular weight is 363 g/mol. The first kappa shape index (κ1) is 16.4. The molecule has 0 saturated carbocycles. The molecule has 0 aliphatic rings. The van der Waals surface area contributed by atoms with Crippen molar-refractivity contribution in [1.82, 2.24) is 29.7 Å². The molecule has 3 heterocycles. The first-order valence-corrected chi connectivity index (χ1v) is 7.97. The van der Waals surface area contributed by atoms with Crippen molar-refractivity contribution in [2.24, 2.45) is 0 Å². The van der Waals surface area contributed by atoms with Crippen LogP contribution >= 0.6 is 0 Å². The monoisotopic (exact) mass is 363 g/mol. The Morgan fingerprint density at radius 1 is 1.19 bits per heavy atom. The Hall–Kier alpha value is -4.08. The normalized spacial score (nSPS) is 10.8. The lowest BCUT2D eigenvalue weighted by molar-refractivity contribution is -0.384. The molecule has 3 aromatic heterocycles. The van der Waals surface area contributed by atoms with Gasteiger partial charge in [0.1, 0.15) is 18.1 Å². The topological polar surface area (TPSA) is 120 Å². The fourth-order valence-corrected chi connectivity index (χ4v) is 2.51. The van der Waals surface area contributed by atoms with Gasteiger partial charge in [0.25, 0.3) is 5.91 Å². The summed E-state index contributed by atoms with van der Waals surface area (Å²) in [7, 11) is 0. The van der Waals surface area contributed by atoms with E-state index in [9.17, 15) is 14.9 Å². The van der Waals surface area contributed by atoms with Crippen molar-refractivity contribution in [3.8, 4) is 5.69 Å². The van der Waals surface area contributed by atoms with Gasteiger partial charge in [0.2, 0.25) is 0 Å². The summed E-state index contributed by atoms with van der Waals surface area (Å²) < 4.78 is 2.75. The first-order chi connectivity index (χ1) is 13.1. The summed E-state index contributed by atoms with van der Waals surface area (Å²) in [5, 5.41) is 21.7. The van der Waals surface area contributed by atoms with Gasteiger partial charge < -0.3 is 5.32 Å². The van der Waals surface area contributed by atoms with E-state index in [1.165, 1.54) is 21.6 Å². The SMILES string of the molecule is O=C(NCc1ccccc1)c1cc2ncc(-n3cc([N+](=O)[O-])cn3)cn2n1. The van der Waals surface area contributed by atoms with Crippen molar-refractivity contribution in [2.45, 2.75) is 6.54 Å². The highest BCUT2D eigenvalue weighted by Gasteiger charge is 2.14. The van der Waals surface area contributed by atoms with Gasteiger partial charge in [0.15, 0.2) is 11.3 Å². The summed E-state index contributed by atoms with van der Waals surface area (Å²) in [6.45, 7) is 0.392. The van der Waals surface area contributed by atoms with E-state index in [0.29, 0.717) is 17.9 Å². The fourth-order valence-electron chi connectivity index (χ4n) is 2.51. The Kier molecular flexibility index (Phi) is 4.05. The predicted octanol–water partition coefficient (Wildman–Crippen LogP) is 1.75. The van der Waals surface area contributed by atoms with Gasteiger partial charge in [-0.3, -0.25) is 14.9 Å². The summed E-state index contributed by atoms with van der Waals surface area (Å²) in [5.41, 5.74) is 2.04. The highest BCUT2D eigenvalue weighted by atomic mass is 16.6. The Labute approximate surface area is 152 Å². The van der Waals surface area contributed by atoms with E-state index in [0.717, 1.165) is 11.8 Å². The Bertz CT molecular complexity index is 1130. The molecular formula is C17H13N7O3. The molecule has 0 unspecified atom stereocenters. The molecule has 1 aromatic carbocycles. The minimum Gasteiger partial charge on any atom is -0.347 e. The van der Waals surface area contributed by atoms with Crippen LogP contribution in [-0.2, 0) is 6.54 Å². The van der Waals surface area contributed by atoms with Crippen LogP contribution in [0.1, 0.15) is 16.1 Å². The van der Waals surface area contributed by atoms with E-state index < -0.39 is 4.92 Å². The highest BCUT2D eigenvalue weighted by molar-refractivity contribution is 5.93. The van der Waals surface area contributed by atoms with Crippen LogP contribution in [0.3, 0.4) is 0 Å². The molecule has 4 aromatic rings. The molecule has 10 heteroatoms. The third-order valence-electron chi connectivity index (χ3n) is 3.87. The second-order valence-corrected chi connectivity index (χ2v) is 5.71. The number of nitrogens with one attached hydrogen (secondary N) is 1. The average Bonchev–Trinajstić information content (AvgIpc) is 3.33. The van der Waals surface area contributed by atoms with E-state index in [-0.39, 0.29) is 17.3 Å². The summed E-state index contributed by atoms with van der Waals surface area (Å²) in [6, 6.07) is 11.1. The quantitative estimate of drug-likeness (QED) is 0.426. The molecule has 134 valence electrons. The van der Waals surface area contributed by atoms with Crippen LogP contribution < -0.4 is 5.32 Å². The predicted molar refractivity (Wildman–Crippen MR) is 94.4 cm³/mol. The largest absolute Gasteiger partial charge is 0.347 e. The fraction of sp³-hybridized carbons (Fsp3) is 0.0588. The zero-order valence-electron chi connectivity index (χ0n) is 13.9. The molecule has 0 aliphatic heterocycles. The first-order valence-electron chi connectivity index (χ1n) is 7.97. The van der Waals surface area contributed by atoms with Crippen LogP contribution in [0.2, 0.25) is 0 Å². The van der Waals surface area contributed by atoms with Gasteiger partial charge in [-0.05, 0) is 5.56 Å². The zero-order valence-corrected chi connectivity index (χ0v) is 13.9. The number of amides is 1. The standard InChI is InChI=1S/C17H13N7O3/c25-17(19-7-12-4-2-1-3-5-12)15-6-16-18-8-13(10-23(16)21-15)22-11-14(9-20-22)24(26)27/h1-6,8-11H,7H2,(H,19,25). The van der Waals surface area contributed by atoms with Crippen LogP contribution in [0.25, 0.3) is 11.3 Å². The molecule has 0 bridgehead atoms. The Morgan fingerprint density at radius 2 is 2.00 bits per heavy atom. The van der Waals surface area contributed by atoms with Crippen molar-refractivity contribution in [2.75, 3.05) is 0 Å². The Morgan fingerprint density at radius 3 is 2.74 bits per heavy atom. The maximum absolute atomic E-state index is 12.3.